The summed E-state index contributed by atoms with van der Waals surface area (Å²) in [4.78, 5) is 44.8. The first kappa shape index (κ1) is 14.4. The maximum absolute atomic E-state index is 12.0. The Morgan fingerprint density at radius 2 is 1.95 bits per heavy atom. The van der Waals surface area contributed by atoms with Gasteiger partial charge in [0.15, 0.2) is 0 Å². The van der Waals surface area contributed by atoms with Crippen molar-refractivity contribution in [1.29, 1.82) is 0 Å². The maximum atomic E-state index is 12.0. The number of hydrogen-bond donors (Lipinski definition) is 3. The number of aryl methyl sites for hydroxylation is 2. The molecular formula is C11H13N3O5. The van der Waals surface area contributed by atoms with E-state index in [2.05, 4.69) is 0 Å². The highest BCUT2D eigenvalue weighted by atomic mass is 16.4. The number of hydrogen-bond acceptors (Lipinski definition) is 4. The lowest BCUT2D eigenvalue weighted by Gasteiger charge is -2.12. The quantitative estimate of drug-likeness (QED) is 0.670. The average Bonchev–Trinajstić information content (AvgIpc) is 2.22. The minimum Gasteiger partial charge on any atom is -0.477 e. The number of urea groups is 1. The second-order valence-electron chi connectivity index (χ2n) is 3.95. The molecule has 0 bridgehead atoms. The fourth-order valence-electron chi connectivity index (χ4n) is 1.70. The largest absolute Gasteiger partial charge is 0.477 e. The summed E-state index contributed by atoms with van der Waals surface area (Å²) >= 11 is 0. The van der Waals surface area contributed by atoms with Gasteiger partial charge in [-0.3, -0.25) is 14.9 Å². The van der Waals surface area contributed by atoms with Gasteiger partial charge >= 0.3 is 12.0 Å². The van der Waals surface area contributed by atoms with Gasteiger partial charge in [-0.05, 0) is 25.5 Å². The molecule has 1 rings (SSSR count). The monoisotopic (exact) mass is 267 g/mol. The number of aromatic carboxylic acids is 1. The van der Waals surface area contributed by atoms with Crippen molar-refractivity contribution in [2.45, 2.75) is 20.4 Å². The highest BCUT2D eigenvalue weighted by molar-refractivity contribution is 5.93. The molecule has 102 valence electrons. The summed E-state index contributed by atoms with van der Waals surface area (Å²) in [7, 11) is 0. The predicted octanol–water partition coefficient (Wildman–Crippen LogP) is -0.642. The summed E-state index contributed by atoms with van der Waals surface area (Å²) in [5.41, 5.74) is 4.28. The van der Waals surface area contributed by atoms with Gasteiger partial charge in [-0.1, -0.05) is 0 Å². The van der Waals surface area contributed by atoms with Crippen LogP contribution in [0.4, 0.5) is 4.79 Å². The highest BCUT2D eigenvalue weighted by Crippen LogP contribution is 2.06. The van der Waals surface area contributed by atoms with Crippen LogP contribution in [0, 0.1) is 13.8 Å². The predicted molar refractivity (Wildman–Crippen MR) is 64.9 cm³/mol. The van der Waals surface area contributed by atoms with Gasteiger partial charge in [0.2, 0.25) is 5.91 Å². The Morgan fingerprint density at radius 3 is 2.42 bits per heavy atom. The van der Waals surface area contributed by atoms with E-state index in [1.54, 1.807) is 12.2 Å². The van der Waals surface area contributed by atoms with Crippen molar-refractivity contribution in [2.24, 2.45) is 5.73 Å². The highest BCUT2D eigenvalue weighted by Gasteiger charge is 2.18. The first-order valence-electron chi connectivity index (χ1n) is 5.27. The number of amides is 3. The van der Waals surface area contributed by atoms with Crippen LogP contribution < -0.4 is 16.6 Å². The van der Waals surface area contributed by atoms with Gasteiger partial charge in [-0.15, -0.1) is 0 Å². The van der Waals surface area contributed by atoms with Crippen molar-refractivity contribution < 1.29 is 19.5 Å². The molecule has 1 aromatic heterocycles. The van der Waals surface area contributed by atoms with Crippen LogP contribution >= 0.6 is 0 Å². The Balaban J connectivity index is 3.26. The van der Waals surface area contributed by atoms with Gasteiger partial charge < -0.3 is 15.4 Å². The van der Waals surface area contributed by atoms with Crippen LogP contribution in [0.2, 0.25) is 0 Å². The fourth-order valence-corrected chi connectivity index (χ4v) is 1.70. The van der Waals surface area contributed by atoms with Crippen molar-refractivity contribution in [3.05, 3.63) is 33.2 Å². The smallest absolute Gasteiger partial charge is 0.341 e. The molecule has 8 nitrogen and oxygen atoms in total. The van der Waals surface area contributed by atoms with Gasteiger partial charge in [0.1, 0.15) is 12.1 Å². The zero-order valence-corrected chi connectivity index (χ0v) is 10.4. The Labute approximate surface area is 107 Å². The second-order valence-corrected chi connectivity index (χ2v) is 3.95. The molecule has 0 unspecified atom stereocenters. The summed E-state index contributed by atoms with van der Waals surface area (Å²) < 4.78 is 0.967. The molecular weight excluding hydrogens is 254 g/mol. The van der Waals surface area contributed by atoms with E-state index in [9.17, 15) is 19.2 Å². The molecule has 0 spiro atoms. The number of carboxylic acid groups (broad SMARTS) is 1. The van der Waals surface area contributed by atoms with Crippen LogP contribution in [-0.2, 0) is 11.3 Å². The lowest BCUT2D eigenvalue weighted by atomic mass is 10.1. The van der Waals surface area contributed by atoms with E-state index in [0.29, 0.717) is 11.3 Å². The summed E-state index contributed by atoms with van der Waals surface area (Å²) in [6.45, 7) is 2.57. The van der Waals surface area contributed by atoms with Crippen LogP contribution in [0.1, 0.15) is 21.6 Å². The standard InChI is InChI=1S/C11H13N3O5/c1-5-3-6(2)14(4-7(15)13-11(12)19)9(16)8(5)10(17)18/h3H,4H2,1-2H3,(H,17,18)(H3,12,13,15,19). The SMILES string of the molecule is Cc1cc(C)n(CC(=O)NC(N)=O)c(=O)c1C(=O)O. The van der Waals surface area contributed by atoms with Crippen LogP contribution in [0.3, 0.4) is 0 Å². The Kier molecular flexibility index (Phi) is 4.05. The second kappa shape index (κ2) is 5.34. The van der Waals surface area contributed by atoms with E-state index >= 15 is 0 Å². The van der Waals surface area contributed by atoms with Crippen molar-refractivity contribution in [2.75, 3.05) is 0 Å². The molecule has 1 aromatic rings. The number of carboxylic acids is 1. The van der Waals surface area contributed by atoms with Gasteiger partial charge in [-0.2, -0.15) is 0 Å². The summed E-state index contributed by atoms with van der Waals surface area (Å²) in [6, 6.07) is 0.434. The summed E-state index contributed by atoms with van der Waals surface area (Å²) in [5.74, 6) is -2.16. The number of nitrogens with two attached hydrogens (primary N) is 1. The topological polar surface area (TPSA) is 131 Å². The Bertz CT molecular complexity index is 617. The average molecular weight is 267 g/mol. The lowest BCUT2D eigenvalue weighted by Crippen LogP contribution is -2.40. The number of carbonyl (C=O) groups is 3. The van der Waals surface area contributed by atoms with E-state index < -0.39 is 35.6 Å². The zero-order valence-electron chi connectivity index (χ0n) is 10.4. The molecule has 19 heavy (non-hydrogen) atoms. The minimum atomic E-state index is -1.37. The third-order valence-corrected chi connectivity index (χ3v) is 2.48. The van der Waals surface area contributed by atoms with Crippen LogP contribution in [-0.4, -0.2) is 27.6 Å². The Hall–Kier alpha value is -2.64. The molecule has 3 amide bonds. The van der Waals surface area contributed by atoms with E-state index in [-0.39, 0.29) is 0 Å². The zero-order chi connectivity index (χ0) is 14.7. The van der Waals surface area contributed by atoms with Crippen LogP contribution in [0.25, 0.3) is 0 Å². The molecule has 4 N–H and O–H groups in total. The van der Waals surface area contributed by atoms with Crippen molar-refractivity contribution in [3.8, 4) is 0 Å². The van der Waals surface area contributed by atoms with Gasteiger partial charge in [-0.25, -0.2) is 9.59 Å². The molecule has 0 aliphatic rings. The number of carbonyl (C=O) groups excluding carboxylic acids is 2. The van der Waals surface area contributed by atoms with Crippen LogP contribution in [0.15, 0.2) is 10.9 Å². The van der Waals surface area contributed by atoms with Crippen molar-refractivity contribution in [3.63, 3.8) is 0 Å². The normalized spacial score (nSPS) is 10.0. The van der Waals surface area contributed by atoms with E-state index in [0.717, 1.165) is 4.57 Å². The van der Waals surface area contributed by atoms with Crippen molar-refractivity contribution >= 4 is 17.9 Å². The number of nitrogens with one attached hydrogen (secondary N) is 1. The van der Waals surface area contributed by atoms with E-state index in [1.165, 1.54) is 13.0 Å². The first-order chi connectivity index (χ1) is 8.73. The summed E-state index contributed by atoms with van der Waals surface area (Å²) in [6.07, 6.45) is 0. The maximum Gasteiger partial charge on any atom is 0.341 e. The third-order valence-electron chi connectivity index (χ3n) is 2.48. The molecule has 0 radical (unpaired) electrons. The first-order valence-corrected chi connectivity index (χ1v) is 5.27. The number of imide groups is 1. The molecule has 0 atom stereocenters. The number of primary amides is 1. The van der Waals surface area contributed by atoms with Gasteiger partial charge in [0.25, 0.3) is 5.56 Å². The van der Waals surface area contributed by atoms with Gasteiger partial charge in [0, 0.05) is 5.69 Å². The van der Waals surface area contributed by atoms with E-state index in [1.807, 2.05) is 0 Å². The molecule has 0 fully saturated rings. The molecule has 8 heteroatoms. The molecule has 0 aromatic carbocycles. The Morgan fingerprint density at radius 1 is 1.37 bits per heavy atom. The molecule has 0 saturated carbocycles. The number of nitrogens with zero attached hydrogens (tertiary/aromatic N) is 1. The number of pyridine rings is 1. The van der Waals surface area contributed by atoms with E-state index in [4.69, 9.17) is 10.8 Å². The molecule has 1 heterocycles. The lowest BCUT2D eigenvalue weighted by molar-refractivity contribution is -0.120. The number of aromatic nitrogens is 1. The molecule has 0 aliphatic carbocycles. The fraction of sp³-hybridized carbons (Fsp3) is 0.273. The van der Waals surface area contributed by atoms with Crippen LogP contribution in [0.5, 0.6) is 0 Å². The van der Waals surface area contributed by atoms with Gasteiger partial charge in [0.05, 0.1) is 0 Å². The third kappa shape index (κ3) is 3.18. The molecule has 0 aliphatic heterocycles. The minimum absolute atomic E-state index is 0.307. The van der Waals surface area contributed by atoms with Crippen molar-refractivity contribution in [1.82, 2.24) is 9.88 Å². The summed E-state index contributed by atoms with van der Waals surface area (Å²) in [5, 5.41) is 10.8. The molecule has 0 saturated heterocycles. The number of rotatable bonds is 3.